The molecule has 0 saturated carbocycles. The van der Waals surface area contributed by atoms with Gasteiger partial charge in [0.2, 0.25) is 0 Å². The number of hydrogen-bond donors (Lipinski definition) is 1. The van der Waals surface area contributed by atoms with E-state index >= 15 is 0 Å². The molecule has 1 N–H and O–H groups in total. The molecule has 3 rings (SSSR count). The third-order valence-corrected chi connectivity index (χ3v) is 3.97. The van der Waals surface area contributed by atoms with Gasteiger partial charge >= 0.3 is 0 Å². The van der Waals surface area contributed by atoms with E-state index in [0.717, 1.165) is 13.1 Å². The lowest BCUT2D eigenvalue weighted by molar-refractivity contribution is 0.457. The Kier molecular flexibility index (Phi) is 3.79. The van der Waals surface area contributed by atoms with Gasteiger partial charge in [0, 0.05) is 11.3 Å². The SMILES string of the molecule is Cl.c1ccc2c(C3CCNCC3)nsc2c1. The second-order valence-corrected chi connectivity index (χ2v) is 4.89. The van der Waals surface area contributed by atoms with Crippen molar-refractivity contribution in [2.75, 3.05) is 13.1 Å². The Morgan fingerprint density at radius 1 is 1.19 bits per heavy atom. The Labute approximate surface area is 106 Å². The highest BCUT2D eigenvalue weighted by Gasteiger charge is 2.19. The molecular weight excluding hydrogens is 240 g/mol. The number of rotatable bonds is 1. The predicted molar refractivity (Wildman–Crippen MR) is 71.7 cm³/mol. The van der Waals surface area contributed by atoms with E-state index in [0.29, 0.717) is 5.92 Å². The van der Waals surface area contributed by atoms with Gasteiger partial charge in [-0.05, 0) is 43.5 Å². The summed E-state index contributed by atoms with van der Waals surface area (Å²) in [4.78, 5) is 0. The number of piperidine rings is 1. The third kappa shape index (κ3) is 2.08. The van der Waals surface area contributed by atoms with Gasteiger partial charge in [-0.3, -0.25) is 0 Å². The van der Waals surface area contributed by atoms with Gasteiger partial charge in [-0.15, -0.1) is 12.4 Å². The van der Waals surface area contributed by atoms with Crippen LogP contribution in [0.15, 0.2) is 24.3 Å². The Balaban J connectivity index is 0.000000963. The maximum Gasteiger partial charge on any atom is 0.0652 e. The zero-order chi connectivity index (χ0) is 10.1. The van der Waals surface area contributed by atoms with Crippen molar-refractivity contribution in [2.45, 2.75) is 18.8 Å². The van der Waals surface area contributed by atoms with E-state index in [-0.39, 0.29) is 12.4 Å². The molecule has 0 radical (unpaired) electrons. The van der Waals surface area contributed by atoms with Crippen LogP contribution in [0.4, 0.5) is 0 Å². The van der Waals surface area contributed by atoms with E-state index in [4.69, 9.17) is 0 Å². The summed E-state index contributed by atoms with van der Waals surface area (Å²) in [7, 11) is 0. The summed E-state index contributed by atoms with van der Waals surface area (Å²) in [5.74, 6) is 0.669. The van der Waals surface area contributed by atoms with Crippen molar-refractivity contribution in [3.63, 3.8) is 0 Å². The molecule has 1 aliphatic rings. The van der Waals surface area contributed by atoms with Gasteiger partial charge in [-0.25, -0.2) is 0 Å². The monoisotopic (exact) mass is 254 g/mol. The molecule has 16 heavy (non-hydrogen) atoms. The molecule has 0 spiro atoms. The van der Waals surface area contributed by atoms with Gasteiger partial charge in [0.05, 0.1) is 10.4 Å². The molecule has 1 aliphatic heterocycles. The molecule has 1 saturated heterocycles. The van der Waals surface area contributed by atoms with Crippen LogP contribution in [0.5, 0.6) is 0 Å². The minimum atomic E-state index is 0. The normalized spacial score (nSPS) is 17.2. The second kappa shape index (κ2) is 5.13. The maximum absolute atomic E-state index is 4.63. The molecule has 4 heteroatoms. The van der Waals surface area contributed by atoms with E-state index in [1.807, 2.05) is 0 Å². The average Bonchev–Trinajstić information content (AvgIpc) is 2.74. The molecule has 1 fully saturated rings. The highest BCUT2D eigenvalue weighted by atomic mass is 35.5. The zero-order valence-electron chi connectivity index (χ0n) is 8.98. The first-order valence-electron chi connectivity index (χ1n) is 5.50. The van der Waals surface area contributed by atoms with Crippen LogP contribution >= 0.6 is 23.9 Å². The van der Waals surface area contributed by atoms with E-state index in [1.165, 1.54) is 28.6 Å². The fraction of sp³-hybridized carbons (Fsp3) is 0.417. The van der Waals surface area contributed by atoms with Crippen molar-refractivity contribution in [3.8, 4) is 0 Å². The first-order valence-corrected chi connectivity index (χ1v) is 6.27. The van der Waals surface area contributed by atoms with Gasteiger partial charge in [0.1, 0.15) is 0 Å². The Bertz CT molecular complexity index is 463. The van der Waals surface area contributed by atoms with Crippen molar-refractivity contribution in [2.24, 2.45) is 0 Å². The van der Waals surface area contributed by atoms with Crippen molar-refractivity contribution in [3.05, 3.63) is 30.0 Å². The number of halogens is 1. The molecule has 0 bridgehead atoms. The lowest BCUT2D eigenvalue weighted by Crippen LogP contribution is -2.26. The standard InChI is InChI=1S/C12H14N2S.ClH/c1-2-4-11-10(3-1)12(14-15-11)9-5-7-13-8-6-9;/h1-4,9,13H,5-8H2;1H. The summed E-state index contributed by atoms with van der Waals surface area (Å²) in [6, 6.07) is 8.57. The summed E-state index contributed by atoms with van der Waals surface area (Å²) < 4.78 is 5.96. The van der Waals surface area contributed by atoms with Crippen LogP contribution in [0.3, 0.4) is 0 Å². The number of nitrogens with zero attached hydrogens (tertiary/aromatic N) is 1. The molecule has 0 unspecified atom stereocenters. The summed E-state index contributed by atoms with van der Waals surface area (Å²) in [5.41, 5.74) is 1.33. The average molecular weight is 255 g/mol. The number of fused-ring (bicyclic) bond motifs is 1. The zero-order valence-corrected chi connectivity index (χ0v) is 10.6. The van der Waals surface area contributed by atoms with Crippen LogP contribution < -0.4 is 5.32 Å². The summed E-state index contributed by atoms with van der Waals surface area (Å²) in [6.07, 6.45) is 2.46. The summed E-state index contributed by atoms with van der Waals surface area (Å²) >= 11 is 1.64. The summed E-state index contributed by atoms with van der Waals surface area (Å²) in [6.45, 7) is 2.27. The molecule has 0 aliphatic carbocycles. The van der Waals surface area contributed by atoms with Crippen molar-refractivity contribution < 1.29 is 0 Å². The van der Waals surface area contributed by atoms with Crippen LogP contribution in [0, 0.1) is 0 Å². The number of benzene rings is 1. The Morgan fingerprint density at radius 3 is 2.75 bits per heavy atom. The largest absolute Gasteiger partial charge is 0.317 e. The lowest BCUT2D eigenvalue weighted by Gasteiger charge is -2.21. The fourth-order valence-corrected chi connectivity index (χ4v) is 3.15. The van der Waals surface area contributed by atoms with Crippen molar-refractivity contribution in [1.29, 1.82) is 0 Å². The van der Waals surface area contributed by atoms with E-state index in [1.54, 1.807) is 11.5 Å². The molecular formula is C12H15ClN2S. The topological polar surface area (TPSA) is 24.9 Å². The van der Waals surface area contributed by atoms with E-state index in [2.05, 4.69) is 34.0 Å². The van der Waals surface area contributed by atoms with Gasteiger partial charge in [0.15, 0.2) is 0 Å². The van der Waals surface area contributed by atoms with Crippen LogP contribution in [0.2, 0.25) is 0 Å². The summed E-state index contributed by atoms with van der Waals surface area (Å²) in [5, 5.41) is 4.77. The minimum Gasteiger partial charge on any atom is -0.317 e. The quantitative estimate of drug-likeness (QED) is 0.846. The Morgan fingerprint density at radius 2 is 1.94 bits per heavy atom. The Hall–Kier alpha value is -0.640. The smallest absolute Gasteiger partial charge is 0.0652 e. The lowest BCUT2D eigenvalue weighted by atomic mass is 9.93. The first kappa shape index (κ1) is 11.8. The fourth-order valence-electron chi connectivity index (χ4n) is 2.30. The van der Waals surface area contributed by atoms with E-state index in [9.17, 15) is 0 Å². The van der Waals surface area contributed by atoms with Crippen LogP contribution in [0.1, 0.15) is 24.5 Å². The molecule has 2 aromatic rings. The molecule has 86 valence electrons. The molecule has 1 aromatic carbocycles. The predicted octanol–water partition coefficient (Wildman–Crippen LogP) is 3.19. The molecule has 2 heterocycles. The number of nitrogens with one attached hydrogen (secondary N) is 1. The van der Waals surface area contributed by atoms with Crippen molar-refractivity contribution in [1.82, 2.24) is 9.69 Å². The maximum atomic E-state index is 4.63. The minimum absolute atomic E-state index is 0. The molecule has 2 nitrogen and oxygen atoms in total. The molecule has 0 atom stereocenters. The first-order chi connectivity index (χ1) is 7.45. The van der Waals surface area contributed by atoms with Gasteiger partial charge in [-0.2, -0.15) is 4.37 Å². The van der Waals surface area contributed by atoms with Gasteiger partial charge in [0.25, 0.3) is 0 Å². The van der Waals surface area contributed by atoms with Crippen LogP contribution in [-0.4, -0.2) is 17.5 Å². The van der Waals surface area contributed by atoms with E-state index < -0.39 is 0 Å². The third-order valence-electron chi connectivity index (χ3n) is 3.13. The highest BCUT2D eigenvalue weighted by molar-refractivity contribution is 7.13. The van der Waals surface area contributed by atoms with Crippen LogP contribution in [-0.2, 0) is 0 Å². The number of hydrogen-bond acceptors (Lipinski definition) is 3. The van der Waals surface area contributed by atoms with Gasteiger partial charge < -0.3 is 5.32 Å². The van der Waals surface area contributed by atoms with Crippen molar-refractivity contribution >= 4 is 34.0 Å². The van der Waals surface area contributed by atoms with Crippen LogP contribution in [0.25, 0.3) is 10.1 Å². The molecule has 0 amide bonds. The molecule has 1 aromatic heterocycles. The van der Waals surface area contributed by atoms with Gasteiger partial charge in [-0.1, -0.05) is 18.2 Å². The second-order valence-electron chi connectivity index (χ2n) is 4.09. The number of aromatic nitrogens is 1. The highest BCUT2D eigenvalue weighted by Crippen LogP contribution is 2.32.